The van der Waals surface area contributed by atoms with Crippen LogP contribution < -0.4 is 5.32 Å². The summed E-state index contributed by atoms with van der Waals surface area (Å²) in [6.45, 7) is 1.98. The van der Waals surface area contributed by atoms with Gasteiger partial charge >= 0.3 is 5.97 Å². The minimum Gasteiger partial charge on any atom is -0.478 e. The van der Waals surface area contributed by atoms with Gasteiger partial charge in [-0.15, -0.1) is 0 Å². The molecule has 0 aliphatic carbocycles. The molecule has 1 aromatic carbocycles. The van der Waals surface area contributed by atoms with E-state index >= 15 is 0 Å². The summed E-state index contributed by atoms with van der Waals surface area (Å²) in [4.78, 5) is 15.0. The Morgan fingerprint density at radius 3 is 2.80 bits per heavy atom. The van der Waals surface area contributed by atoms with Crippen molar-refractivity contribution in [1.29, 1.82) is 0 Å². The molecular formula is C15H15FN2O2. The van der Waals surface area contributed by atoms with Crippen LogP contribution in [0.25, 0.3) is 0 Å². The molecule has 2 N–H and O–H groups in total. The number of hydrogen-bond donors (Lipinski definition) is 2. The third-order valence-electron chi connectivity index (χ3n) is 2.97. The number of hydrogen-bond acceptors (Lipinski definition) is 3. The Labute approximate surface area is 116 Å². The number of benzene rings is 1. The minimum atomic E-state index is -0.971. The van der Waals surface area contributed by atoms with Crippen LogP contribution in [-0.2, 0) is 0 Å². The fourth-order valence-corrected chi connectivity index (χ4v) is 1.92. The Morgan fingerprint density at radius 2 is 2.20 bits per heavy atom. The highest BCUT2D eigenvalue weighted by Gasteiger charge is 2.11. The molecule has 0 bridgehead atoms. The van der Waals surface area contributed by atoms with Gasteiger partial charge in [-0.3, -0.25) is 4.98 Å². The number of pyridine rings is 1. The number of rotatable bonds is 5. The van der Waals surface area contributed by atoms with E-state index in [4.69, 9.17) is 5.11 Å². The van der Waals surface area contributed by atoms with Crippen molar-refractivity contribution in [3.8, 4) is 0 Å². The Morgan fingerprint density at radius 1 is 1.40 bits per heavy atom. The normalized spacial score (nSPS) is 11.9. The molecule has 5 heteroatoms. The first kappa shape index (κ1) is 14.0. The summed E-state index contributed by atoms with van der Waals surface area (Å²) in [5.74, 6) is -1.35. The first-order chi connectivity index (χ1) is 9.60. The van der Waals surface area contributed by atoms with Gasteiger partial charge in [0.1, 0.15) is 5.82 Å². The van der Waals surface area contributed by atoms with Gasteiger partial charge < -0.3 is 10.4 Å². The molecule has 0 fully saturated rings. The van der Waals surface area contributed by atoms with Gasteiger partial charge in [-0.05, 0) is 36.8 Å². The van der Waals surface area contributed by atoms with E-state index in [-0.39, 0.29) is 17.4 Å². The molecular weight excluding hydrogens is 259 g/mol. The average Bonchev–Trinajstić information content (AvgIpc) is 2.46. The second-order valence-electron chi connectivity index (χ2n) is 4.39. The average molecular weight is 274 g/mol. The van der Waals surface area contributed by atoms with Gasteiger partial charge in [0.25, 0.3) is 0 Å². The summed E-state index contributed by atoms with van der Waals surface area (Å²) >= 11 is 0. The van der Waals surface area contributed by atoms with Crippen LogP contribution in [0.4, 0.5) is 10.1 Å². The molecule has 0 spiro atoms. The van der Waals surface area contributed by atoms with Crippen LogP contribution in [0.2, 0.25) is 0 Å². The number of nitrogens with one attached hydrogen (secondary N) is 1. The van der Waals surface area contributed by atoms with Crippen molar-refractivity contribution >= 4 is 11.7 Å². The van der Waals surface area contributed by atoms with Crippen LogP contribution in [0.15, 0.2) is 42.6 Å². The van der Waals surface area contributed by atoms with E-state index in [0.29, 0.717) is 5.69 Å². The van der Waals surface area contributed by atoms with Gasteiger partial charge in [0.05, 0.1) is 23.5 Å². The van der Waals surface area contributed by atoms with E-state index in [1.807, 2.05) is 6.92 Å². The van der Waals surface area contributed by atoms with Crippen LogP contribution in [0.3, 0.4) is 0 Å². The zero-order chi connectivity index (χ0) is 14.5. The maximum atomic E-state index is 12.9. The number of aromatic nitrogens is 1. The van der Waals surface area contributed by atoms with E-state index in [9.17, 15) is 9.18 Å². The van der Waals surface area contributed by atoms with Gasteiger partial charge in [-0.1, -0.05) is 13.0 Å². The smallest absolute Gasteiger partial charge is 0.335 e. The van der Waals surface area contributed by atoms with Crippen LogP contribution in [0.5, 0.6) is 0 Å². The molecule has 2 aromatic rings. The Kier molecular flexibility index (Phi) is 4.30. The van der Waals surface area contributed by atoms with Crippen molar-refractivity contribution in [2.45, 2.75) is 19.4 Å². The molecule has 2 rings (SSSR count). The third kappa shape index (κ3) is 3.32. The molecule has 104 valence electrons. The van der Waals surface area contributed by atoms with Gasteiger partial charge in [-0.25, -0.2) is 9.18 Å². The lowest BCUT2D eigenvalue weighted by atomic mass is 10.1. The predicted molar refractivity (Wildman–Crippen MR) is 74.3 cm³/mol. The van der Waals surface area contributed by atoms with E-state index in [2.05, 4.69) is 10.3 Å². The Balaban J connectivity index is 2.19. The molecule has 20 heavy (non-hydrogen) atoms. The summed E-state index contributed by atoms with van der Waals surface area (Å²) < 4.78 is 12.9. The van der Waals surface area contributed by atoms with Gasteiger partial charge in [-0.2, -0.15) is 0 Å². The summed E-state index contributed by atoms with van der Waals surface area (Å²) in [5.41, 5.74) is 1.63. The standard InChI is InChI=1S/C15H15FN2O2/c1-2-13(14-7-6-11(16)9-17-14)18-12-5-3-4-10(8-12)15(19)20/h3-9,13,18H,2H2,1H3,(H,19,20). The number of carboxylic acid groups (broad SMARTS) is 1. The van der Waals surface area contributed by atoms with Crippen molar-refractivity contribution in [1.82, 2.24) is 4.98 Å². The topological polar surface area (TPSA) is 62.2 Å². The number of carbonyl (C=O) groups is 1. The van der Waals surface area contributed by atoms with Crippen LogP contribution in [-0.4, -0.2) is 16.1 Å². The van der Waals surface area contributed by atoms with Crippen LogP contribution in [0, 0.1) is 5.82 Å². The summed E-state index contributed by atoms with van der Waals surface area (Å²) in [6, 6.07) is 9.45. The van der Waals surface area contributed by atoms with Crippen molar-refractivity contribution in [3.05, 3.63) is 59.7 Å². The molecule has 4 nitrogen and oxygen atoms in total. The molecule has 1 aromatic heterocycles. The number of halogens is 1. The molecule has 0 saturated carbocycles. The van der Waals surface area contributed by atoms with Gasteiger partial charge in [0.2, 0.25) is 0 Å². The summed E-state index contributed by atoms with van der Waals surface area (Å²) in [7, 11) is 0. The molecule has 1 unspecified atom stereocenters. The maximum Gasteiger partial charge on any atom is 0.335 e. The zero-order valence-corrected chi connectivity index (χ0v) is 11.0. The van der Waals surface area contributed by atoms with Crippen molar-refractivity contribution in [2.24, 2.45) is 0 Å². The van der Waals surface area contributed by atoms with Crippen molar-refractivity contribution in [2.75, 3.05) is 5.32 Å². The first-order valence-electron chi connectivity index (χ1n) is 6.31. The predicted octanol–water partition coefficient (Wildman–Crippen LogP) is 3.48. The maximum absolute atomic E-state index is 12.9. The quantitative estimate of drug-likeness (QED) is 0.876. The lowest BCUT2D eigenvalue weighted by Gasteiger charge is -2.18. The van der Waals surface area contributed by atoms with E-state index in [1.54, 1.807) is 24.3 Å². The zero-order valence-electron chi connectivity index (χ0n) is 11.0. The van der Waals surface area contributed by atoms with Gasteiger partial charge in [0.15, 0.2) is 0 Å². The van der Waals surface area contributed by atoms with Crippen LogP contribution >= 0.6 is 0 Å². The number of anilines is 1. The van der Waals surface area contributed by atoms with E-state index < -0.39 is 5.97 Å². The lowest BCUT2D eigenvalue weighted by molar-refractivity contribution is 0.0697. The monoisotopic (exact) mass is 274 g/mol. The highest BCUT2D eigenvalue weighted by atomic mass is 19.1. The highest BCUT2D eigenvalue weighted by Crippen LogP contribution is 2.21. The summed E-state index contributed by atoms with van der Waals surface area (Å²) in [5, 5.41) is 12.2. The molecule has 1 atom stereocenters. The first-order valence-corrected chi connectivity index (χ1v) is 6.31. The molecule has 0 aliphatic heterocycles. The number of aromatic carboxylic acids is 1. The molecule has 1 heterocycles. The SMILES string of the molecule is CCC(Nc1cccc(C(=O)O)c1)c1ccc(F)cn1. The largest absolute Gasteiger partial charge is 0.478 e. The third-order valence-corrected chi connectivity index (χ3v) is 2.97. The number of carboxylic acids is 1. The van der Waals surface area contributed by atoms with Crippen LogP contribution in [0.1, 0.15) is 35.4 Å². The van der Waals surface area contributed by atoms with E-state index in [0.717, 1.165) is 12.1 Å². The second-order valence-corrected chi connectivity index (χ2v) is 4.39. The molecule has 0 saturated heterocycles. The van der Waals surface area contributed by atoms with Crippen molar-refractivity contribution in [3.63, 3.8) is 0 Å². The molecule has 0 radical (unpaired) electrons. The fourth-order valence-electron chi connectivity index (χ4n) is 1.92. The fraction of sp³-hybridized carbons (Fsp3) is 0.200. The molecule has 0 aliphatic rings. The van der Waals surface area contributed by atoms with Crippen molar-refractivity contribution < 1.29 is 14.3 Å². The Hall–Kier alpha value is -2.43. The highest BCUT2D eigenvalue weighted by molar-refractivity contribution is 5.88. The Bertz CT molecular complexity index is 599. The molecule has 0 amide bonds. The number of nitrogens with zero attached hydrogens (tertiary/aromatic N) is 1. The lowest BCUT2D eigenvalue weighted by Crippen LogP contribution is -2.12. The van der Waals surface area contributed by atoms with Gasteiger partial charge in [0, 0.05) is 5.69 Å². The summed E-state index contributed by atoms with van der Waals surface area (Å²) in [6.07, 6.45) is 1.92. The van der Waals surface area contributed by atoms with E-state index in [1.165, 1.54) is 18.3 Å². The minimum absolute atomic E-state index is 0.0976. The second kappa shape index (κ2) is 6.14.